The normalized spacial score (nSPS) is 49.9. The molecule has 3 heteroatoms. The van der Waals surface area contributed by atoms with E-state index < -0.39 is 11.5 Å². The van der Waals surface area contributed by atoms with E-state index in [0.29, 0.717) is 5.92 Å². The Morgan fingerprint density at radius 1 is 1.30 bits per heavy atom. The summed E-state index contributed by atoms with van der Waals surface area (Å²) in [6.07, 6.45) is 8.02. The largest absolute Gasteiger partial charge is 0.396 e. The summed E-state index contributed by atoms with van der Waals surface area (Å²) in [6.45, 7) is 10.3. The van der Waals surface area contributed by atoms with Gasteiger partial charge in [0, 0.05) is 5.41 Å². The number of hydrogen-bond acceptors (Lipinski definition) is 3. The van der Waals surface area contributed by atoms with Gasteiger partial charge >= 0.3 is 0 Å². The summed E-state index contributed by atoms with van der Waals surface area (Å²) >= 11 is 0. The third-order valence-corrected chi connectivity index (χ3v) is 7.49. The lowest BCUT2D eigenvalue weighted by atomic mass is 9.46. The number of hydrogen-bond donors (Lipinski definition) is 2. The predicted octanol–water partition coefficient (Wildman–Crippen LogP) is 3.26. The van der Waals surface area contributed by atoms with Crippen molar-refractivity contribution in [1.29, 1.82) is 0 Å². The molecule has 0 saturated heterocycles. The summed E-state index contributed by atoms with van der Waals surface area (Å²) in [5.74, 6) is 0.425. The number of allylic oxidation sites excluding steroid dienone is 2. The predicted molar refractivity (Wildman–Crippen MR) is 90.8 cm³/mol. The number of fused-ring (bicyclic) bond motifs is 3. The van der Waals surface area contributed by atoms with E-state index in [2.05, 4.69) is 26.5 Å². The lowest BCUT2D eigenvalue weighted by Gasteiger charge is -2.58. The zero-order valence-corrected chi connectivity index (χ0v) is 14.6. The molecular formula is C20H30O3. The number of aliphatic hydroxyl groups is 2. The van der Waals surface area contributed by atoms with Crippen molar-refractivity contribution in [2.75, 3.05) is 6.61 Å². The molecule has 3 rings (SSSR count). The molecule has 0 unspecified atom stereocenters. The summed E-state index contributed by atoms with van der Waals surface area (Å²) in [5.41, 5.74) is 0.647. The van der Waals surface area contributed by atoms with E-state index in [-0.39, 0.29) is 29.1 Å². The highest BCUT2D eigenvalue weighted by Crippen LogP contribution is 2.63. The average molecular weight is 318 g/mol. The van der Waals surface area contributed by atoms with Gasteiger partial charge in [0.1, 0.15) is 6.10 Å². The van der Waals surface area contributed by atoms with Gasteiger partial charge in [0.25, 0.3) is 0 Å². The van der Waals surface area contributed by atoms with Crippen molar-refractivity contribution in [2.45, 2.75) is 59.0 Å². The van der Waals surface area contributed by atoms with Crippen molar-refractivity contribution in [3.05, 3.63) is 24.3 Å². The maximum absolute atomic E-state index is 12.4. The second-order valence-corrected chi connectivity index (χ2v) is 8.88. The average Bonchev–Trinajstić information content (AvgIpc) is 2.54. The molecule has 0 aliphatic heterocycles. The first-order valence-corrected chi connectivity index (χ1v) is 8.89. The second kappa shape index (κ2) is 5.29. The van der Waals surface area contributed by atoms with Crippen LogP contribution in [0.2, 0.25) is 0 Å². The summed E-state index contributed by atoms with van der Waals surface area (Å²) in [6, 6.07) is 0. The molecule has 2 N–H and O–H groups in total. The van der Waals surface area contributed by atoms with Crippen molar-refractivity contribution >= 4 is 5.78 Å². The summed E-state index contributed by atoms with van der Waals surface area (Å²) in [5, 5.41) is 20.3. The first kappa shape index (κ1) is 16.9. The molecule has 0 heterocycles. The molecule has 2 fully saturated rings. The van der Waals surface area contributed by atoms with E-state index in [1.807, 2.05) is 6.92 Å². The van der Waals surface area contributed by atoms with E-state index in [1.165, 1.54) is 5.57 Å². The molecule has 23 heavy (non-hydrogen) atoms. The van der Waals surface area contributed by atoms with Crippen LogP contribution in [0.15, 0.2) is 24.3 Å². The Hall–Kier alpha value is -0.930. The molecule has 0 aromatic carbocycles. The van der Waals surface area contributed by atoms with Crippen LogP contribution in [0.1, 0.15) is 52.9 Å². The number of ketones is 1. The minimum atomic E-state index is -1.08. The van der Waals surface area contributed by atoms with Crippen LogP contribution < -0.4 is 0 Å². The van der Waals surface area contributed by atoms with Crippen LogP contribution in [0, 0.1) is 28.1 Å². The minimum absolute atomic E-state index is 0.0116. The standard InChI is InChI=1S/C20H30O3/c1-5-18(2)8-9-19(3)13(11-18)6-7-14-15(19)10-16(22)17(23)20(14,4)12-21/h5,10,13-14,17,21,23H,1,6-9,11-12H2,2-4H3/t13-,14-,17+,18-,19-,20+/m1/s1. The first-order chi connectivity index (χ1) is 10.7. The van der Waals surface area contributed by atoms with Gasteiger partial charge < -0.3 is 10.2 Å². The van der Waals surface area contributed by atoms with Crippen LogP contribution in [-0.4, -0.2) is 28.7 Å². The first-order valence-electron chi connectivity index (χ1n) is 8.89. The number of carbonyl (C=O) groups is 1. The van der Waals surface area contributed by atoms with Gasteiger partial charge in [-0.15, -0.1) is 6.58 Å². The number of rotatable bonds is 2. The fourth-order valence-corrected chi connectivity index (χ4v) is 5.44. The molecule has 0 radical (unpaired) electrons. The van der Waals surface area contributed by atoms with Gasteiger partial charge in [-0.1, -0.05) is 32.4 Å². The zero-order chi connectivity index (χ0) is 17.0. The minimum Gasteiger partial charge on any atom is -0.396 e. The molecule has 6 atom stereocenters. The summed E-state index contributed by atoms with van der Waals surface area (Å²) < 4.78 is 0. The highest BCUT2D eigenvalue weighted by Gasteiger charge is 2.57. The molecule has 0 aromatic heterocycles. The Morgan fingerprint density at radius 3 is 2.61 bits per heavy atom. The van der Waals surface area contributed by atoms with E-state index in [9.17, 15) is 15.0 Å². The van der Waals surface area contributed by atoms with Gasteiger partial charge in [-0.25, -0.2) is 0 Å². The zero-order valence-electron chi connectivity index (χ0n) is 14.6. The highest BCUT2D eigenvalue weighted by atomic mass is 16.3. The van der Waals surface area contributed by atoms with E-state index in [4.69, 9.17) is 0 Å². The smallest absolute Gasteiger partial charge is 0.184 e. The summed E-state index contributed by atoms with van der Waals surface area (Å²) in [7, 11) is 0. The van der Waals surface area contributed by atoms with Crippen molar-refractivity contribution in [3.8, 4) is 0 Å². The van der Waals surface area contributed by atoms with E-state index in [0.717, 1.165) is 32.1 Å². The fraction of sp³-hybridized carbons (Fsp3) is 0.750. The highest BCUT2D eigenvalue weighted by molar-refractivity contribution is 5.96. The second-order valence-electron chi connectivity index (χ2n) is 8.88. The Morgan fingerprint density at radius 2 is 2.00 bits per heavy atom. The molecule has 0 bridgehead atoms. The number of aliphatic hydroxyl groups excluding tert-OH is 2. The Balaban J connectivity index is 2.02. The Kier molecular flexibility index (Phi) is 3.89. The van der Waals surface area contributed by atoms with Gasteiger partial charge in [0.2, 0.25) is 0 Å². The lowest BCUT2D eigenvalue weighted by molar-refractivity contribution is -0.139. The van der Waals surface area contributed by atoms with Crippen molar-refractivity contribution in [1.82, 2.24) is 0 Å². The lowest BCUT2D eigenvalue weighted by Crippen LogP contribution is -2.56. The van der Waals surface area contributed by atoms with Crippen LogP contribution in [0.4, 0.5) is 0 Å². The van der Waals surface area contributed by atoms with Gasteiger partial charge in [-0.3, -0.25) is 4.79 Å². The van der Waals surface area contributed by atoms with Gasteiger partial charge in [-0.2, -0.15) is 0 Å². The van der Waals surface area contributed by atoms with Crippen LogP contribution >= 0.6 is 0 Å². The van der Waals surface area contributed by atoms with Crippen molar-refractivity contribution in [3.63, 3.8) is 0 Å². The van der Waals surface area contributed by atoms with E-state index in [1.54, 1.807) is 6.08 Å². The van der Waals surface area contributed by atoms with Crippen LogP contribution in [0.3, 0.4) is 0 Å². The molecule has 3 aliphatic carbocycles. The molecule has 3 nitrogen and oxygen atoms in total. The quantitative estimate of drug-likeness (QED) is 0.768. The maximum Gasteiger partial charge on any atom is 0.184 e. The third-order valence-electron chi connectivity index (χ3n) is 7.49. The monoisotopic (exact) mass is 318 g/mol. The molecule has 2 saturated carbocycles. The van der Waals surface area contributed by atoms with Crippen molar-refractivity contribution in [2.24, 2.45) is 28.1 Å². The molecular weight excluding hydrogens is 288 g/mol. The maximum atomic E-state index is 12.4. The van der Waals surface area contributed by atoms with Crippen LogP contribution in [-0.2, 0) is 4.79 Å². The summed E-state index contributed by atoms with van der Waals surface area (Å²) in [4.78, 5) is 12.4. The van der Waals surface area contributed by atoms with E-state index >= 15 is 0 Å². The fourth-order valence-electron chi connectivity index (χ4n) is 5.44. The van der Waals surface area contributed by atoms with Crippen molar-refractivity contribution < 1.29 is 15.0 Å². The van der Waals surface area contributed by atoms with Gasteiger partial charge in [0.05, 0.1) is 6.61 Å². The van der Waals surface area contributed by atoms with Crippen LogP contribution in [0.25, 0.3) is 0 Å². The molecule has 3 aliphatic rings. The molecule has 0 spiro atoms. The Labute approximate surface area is 139 Å². The Bertz CT molecular complexity index is 565. The number of carbonyl (C=O) groups excluding carboxylic acids is 1. The molecule has 0 amide bonds. The topological polar surface area (TPSA) is 57.5 Å². The van der Waals surface area contributed by atoms with Gasteiger partial charge in [-0.05, 0) is 60.8 Å². The SMILES string of the molecule is C=C[C@]1(C)CC[C@@]2(C)C3=CC(=O)[C@H](O)[C@@](C)(CO)[C@@H]3CC[C@@H]2C1. The molecule has 0 aromatic rings. The van der Waals surface area contributed by atoms with Crippen LogP contribution in [0.5, 0.6) is 0 Å². The van der Waals surface area contributed by atoms with Gasteiger partial charge in [0.15, 0.2) is 5.78 Å². The third kappa shape index (κ3) is 2.27. The molecule has 128 valence electrons.